The standard InChI is InChI=1S/C34H31F3N6O/c1-2-20-6-3-7-21-8-4-9-25(27(20)21)29-28(35)30-26(15-38-29)32(42-17-23-10-11-24(18-42)39-23)41-33(40-30)44-19-34-12-5-13-43(34)16-22(14-34)31(36)37/h1,3-4,6-9,15,23-24,39H,5,10-14,16-19H2/t23?,24?,34-/m1/s1. The molecule has 4 fully saturated rings. The minimum absolute atomic E-state index is 0.0380. The van der Waals surface area contributed by atoms with Crippen molar-refractivity contribution in [3.8, 4) is 29.6 Å². The van der Waals surface area contributed by atoms with Crippen molar-refractivity contribution in [2.24, 2.45) is 0 Å². The summed E-state index contributed by atoms with van der Waals surface area (Å²) in [4.78, 5) is 18.3. The first kappa shape index (κ1) is 27.4. The van der Waals surface area contributed by atoms with Crippen LogP contribution >= 0.6 is 0 Å². The van der Waals surface area contributed by atoms with Gasteiger partial charge in [-0.2, -0.15) is 18.7 Å². The van der Waals surface area contributed by atoms with Crippen molar-refractivity contribution >= 4 is 27.5 Å². The van der Waals surface area contributed by atoms with Crippen LogP contribution in [0.2, 0.25) is 0 Å². The highest BCUT2D eigenvalue weighted by atomic mass is 19.3. The topological polar surface area (TPSA) is 66.4 Å². The first-order chi connectivity index (χ1) is 21.4. The van der Waals surface area contributed by atoms with Gasteiger partial charge in [0.25, 0.3) is 6.08 Å². The van der Waals surface area contributed by atoms with Gasteiger partial charge in [-0.1, -0.05) is 36.3 Å². The maximum Gasteiger partial charge on any atom is 0.319 e. The monoisotopic (exact) mass is 596 g/mol. The van der Waals surface area contributed by atoms with E-state index in [9.17, 15) is 8.78 Å². The van der Waals surface area contributed by atoms with E-state index < -0.39 is 17.4 Å². The zero-order valence-corrected chi connectivity index (χ0v) is 24.1. The molecule has 1 N–H and O–H groups in total. The highest BCUT2D eigenvalue weighted by Crippen LogP contribution is 2.43. The lowest BCUT2D eigenvalue weighted by Crippen LogP contribution is -2.51. The summed E-state index contributed by atoms with van der Waals surface area (Å²) in [6.45, 7) is 2.58. The number of fused-ring (bicyclic) bond motifs is 5. The summed E-state index contributed by atoms with van der Waals surface area (Å²) in [5.74, 6) is 2.71. The number of ether oxygens (including phenoxy) is 1. The number of hydrogen-bond acceptors (Lipinski definition) is 7. The molecule has 2 bridgehead atoms. The number of rotatable bonds is 5. The fourth-order valence-electron chi connectivity index (χ4n) is 7.81. The summed E-state index contributed by atoms with van der Waals surface area (Å²) < 4.78 is 50.1. The van der Waals surface area contributed by atoms with Crippen LogP contribution in [0, 0.1) is 18.2 Å². The predicted molar refractivity (Wildman–Crippen MR) is 163 cm³/mol. The molecule has 4 saturated heterocycles. The average molecular weight is 597 g/mol. The van der Waals surface area contributed by atoms with Gasteiger partial charge in [0.15, 0.2) is 5.82 Å². The average Bonchev–Trinajstić information content (AvgIpc) is 3.71. The molecule has 0 amide bonds. The quantitative estimate of drug-likeness (QED) is 0.298. The Morgan fingerprint density at radius 1 is 1.11 bits per heavy atom. The Balaban J connectivity index is 1.24. The number of piperazine rings is 1. The van der Waals surface area contributed by atoms with Crippen LogP contribution in [-0.2, 0) is 0 Å². The number of benzene rings is 2. The predicted octanol–water partition coefficient (Wildman–Crippen LogP) is 5.67. The molecule has 3 atom stereocenters. The molecule has 4 aromatic rings. The van der Waals surface area contributed by atoms with Gasteiger partial charge < -0.3 is 15.0 Å². The smallest absolute Gasteiger partial charge is 0.319 e. The van der Waals surface area contributed by atoms with Crippen LogP contribution in [-0.4, -0.2) is 70.3 Å². The van der Waals surface area contributed by atoms with E-state index >= 15 is 4.39 Å². The summed E-state index contributed by atoms with van der Waals surface area (Å²) in [5, 5.41) is 5.77. The molecule has 0 saturated carbocycles. The van der Waals surface area contributed by atoms with Crippen molar-refractivity contribution in [2.75, 3.05) is 37.7 Å². The van der Waals surface area contributed by atoms with Crippen LogP contribution in [0.1, 0.15) is 37.7 Å². The van der Waals surface area contributed by atoms with E-state index in [2.05, 4.69) is 31.0 Å². The van der Waals surface area contributed by atoms with Crippen LogP contribution in [0.25, 0.3) is 32.9 Å². The molecule has 2 aromatic carbocycles. The van der Waals surface area contributed by atoms with Gasteiger partial charge in [-0.25, -0.2) is 4.39 Å². The van der Waals surface area contributed by atoms with Crippen molar-refractivity contribution in [1.82, 2.24) is 25.2 Å². The number of pyridine rings is 1. The molecule has 8 rings (SSSR count). The largest absolute Gasteiger partial charge is 0.461 e. The van der Waals surface area contributed by atoms with Crippen molar-refractivity contribution in [3.05, 3.63) is 65.6 Å². The molecular weight excluding hydrogens is 565 g/mol. The first-order valence-corrected chi connectivity index (χ1v) is 15.2. The Labute approximate surface area is 253 Å². The van der Waals surface area contributed by atoms with Crippen LogP contribution in [0.4, 0.5) is 19.0 Å². The molecule has 6 heterocycles. The highest BCUT2D eigenvalue weighted by molar-refractivity contribution is 6.02. The lowest BCUT2D eigenvalue weighted by atomic mass is 9.94. The molecule has 7 nitrogen and oxygen atoms in total. The number of hydrogen-bond donors (Lipinski definition) is 1. The summed E-state index contributed by atoms with van der Waals surface area (Å²) in [6.07, 6.45) is 9.90. The molecule has 0 aliphatic carbocycles. The Kier molecular flexibility index (Phi) is 6.50. The normalized spacial score (nSPS) is 24.7. The molecule has 4 aliphatic rings. The van der Waals surface area contributed by atoms with E-state index in [0.717, 1.165) is 56.1 Å². The number of halogens is 3. The van der Waals surface area contributed by atoms with Crippen molar-refractivity contribution in [2.45, 2.75) is 49.7 Å². The molecule has 224 valence electrons. The number of nitrogens with one attached hydrogen (secondary N) is 1. The van der Waals surface area contributed by atoms with Crippen LogP contribution < -0.4 is 15.0 Å². The molecule has 2 unspecified atom stereocenters. The fourth-order valence-corrected chi connectivity index (χ4v) is 7.81. The van der Waals surface area contributed by atoms with E-state index in [0.29, 0.717) is 34.4 Å². The van der Waals surface area contributed by atoms with E-state index in [1.54, 1.807) is 6.20 Å². The minimum atomic E-state index is -1.61. The Morgan fingerprint density at radius 3 is 2.68 bits per heavy atom. The summed E-state index contributed by atoms with van der Waals surface area (Å²) in [6, 6.07) is 11.9. The Bertz CT molecular complexity index is 1870. The van der Waals surface area contributed by atoms with Gasteiger partial charge in [-0.3, -0.25) is 9.88 Å². The molecule has 4 aliphatic heterocycles. The van der Waals surface area contributed by atoms with Crippen LogP contribution in [0.3, 0.4) is 0 Å². The molecular formula is C34H31F3N6O. The molecule has 10 heteroatoms. The van der Waals surface area contributed by atoms with Gasteiger partial charge in [-0.05, 0) is 50.1 Å². The summed E-state index contributed by atoms with van der Waals surface area (Å²) in [5.41, 5.74) is 1.11. The lowest BCUT2D eigenvalue weighted by Gasteiger charge is -2.34. The lowest BCUT2D eigenvalue weighted by molar-refractivity contribution is 0.108. The maximum atomic E-state index is 16.7. The van der Waals surface area contributed by atoms with Crippen molar-refractivity contribution in [1.29, 1.82) is 0 Å². The third-order valence-electron chi connectivity index (χ3n) is 9.88. The molecule has 2 aromatic heterocycles. The van der Waals surface area contributed by atoms with E-state index in [1.807, 2.05) is 36.4 Å². The number of nitrogens with zero attached hydrogens (tertiary/aromatic N) is 5. The molecule has 0 radical (unpaired) electrons. The minimum Gasteiger partial charge on any atom is -0.461 e. The summed E-state index contributed by atoms with van der Waals surface area (Å²) in [7, 11) is 0. The van der Waals surface area contributed by atoms with Gasteiger partial charge in [-0.15, -0.1) is 6.42 Å². The molecule has 44 heavy (non-hydrogen) atoms. The molecule has 0 spiro atoms. The van der Waals surface area contributed by atoms with Gasteiger partial charge in [0, 0.05) is 60.0 Å². The highest BCUT2D eigenvalue weighted by Gasteiger charge is 2.48. The second kappa shape index (κ2) is 10.5. The van der Waals surface area contributed by atoms with Crippen LogP contribution in [0.15, 0.2) is 54.2 Å². The van der Waals surface area contributed by atoms with Gasteiger partial charge in [0.2, 0.25) is 0 Å². The fraction of sp³-hybridized carbons (Fsp3) is 0.382. The Hall–Kier alpha value is -4.20. The van der Waals surface area contributed by atoms with Gasteiger partial charge >= 0.3 is 6.01 Å². The van der Waals surface area contributed by atoms with E-state index in [1.165, 1.54) is 0 Å². The number of anilines is 1. The zero-order valence-electron chi connectivity index (χ0n) is 24.1. The van der Waals surface area contributed by atoms with E-state index in [-0.39, 0.29) is 42.4 Å². The van der Waals surface area contributed by atoms with Crippen molar-refractivity contribution in [3.63, 3.8) is 0 Å². The third-order valence-corrected chi connectivity index (χ3v) is 9.88. The zero-order chi connectivity index (χ0) is 30.0. The number of terminal acetylenes is 1. The second-order valence-electron chi connectivity index (χ2n) is 12.5. The van der Waals surface area contributed by atoms with Crippen molar-refractivity contribution < 1.29 is 17.9 Å². The van der Waals surface area contributed by atoms with Gasteiger partial charge in [0.05, 0.1) is 10.9 Å². The Morgan fingerprint density at radius 2 is 1.91 bits per heavy atom. The second-order valence-corrected chi connectivity index (χ2v) is 12.5. The SMILES string of the molecule is C#Cc1cccc2cccc(-c3ncc4c(N5CC6CCC(C5)N6)nc(OC[C@]56CCCN5CC(=C(F)F)C6)nc4c3F)c12. The summed E-state index contributed by atoms with van der Waals surface area (Å²) >= 11 is 0. The first-order valence-electron chi connectivity index (χ1n) is 15.2. The number of aromatic nitrogens is 3. The third kappa shape index (κ3) is 4.41. The maximum absolute atomic E-state index is 16.7. The van der Waals surface area contributed by atoms with Crippen LogP contribution in [0.5, 0.6) is 6.01 Å². The van der Waals surface area contributed by atoms with Gasteiger partial charge in [0.1, 0.15) is 23.6 Å². The van der Waals surface area contributed by atoms with E-state index in [4.69, 9.17) is 16.1 Å².